The van der Waals surface area contributed by atoms with Gasteiger partial charge in [0, 0.05) is 30.5 Å². The summed E-state index contributed by atoms with van der Waals surface area (Å²) in [4.78, 5) is 11.5. The third-order valence-electron chi connectivity index (χ3n) is 4.20. The third kappa shape index (κ3) is 3.24. The molecule has 0 amide bonds. The zero-order valence-corrected chi connectivity index (χ0v) is 12.3. The Hall–Kier alpha value is -1.16. The van der Waals surface area contributed by atoms with Crippen LogP contribution in [0.4, 0.5) is 5.95 Å². The molecule has 4 heteroatoms. The van der Waals surface area contributed by atoms with Crippen molar-refractivity contribution in [3.8, 4) is 0 Å². The van der Waals surface area contributed by atoms with Crippen molar-refractivity contribution < 1.29 is 0 Å². The van der Waals surface area contributed by atoms with Crippen molar-refractivity contribution in [1.29, 1.82) is 0 Å². The van der Waals surface area contributed by atoms with Gasteiger partial charge < -0.3 is 10.6 Å². The lowest BCUT2D eigenvalue weighted by Crippen LogP contribution is -2.35. The van der Waals surface area contributed by atoms with Crippen molar-refractivity contribution in [2.24, 2.45) is 5.73 Å². The van der Waals surface area contributed by atoms with Crippen molar-refractivity contribution in [2.45, 2.75) is 71.0 Å². The molecular weight excluding hydrogens is 236 g/mol. The predicted molar refractivity (Wildman–Crippen MR) is 79.3 cm³/mol. The van der Waals surface area contributed by atoms with Crippen molar-refractivity contribution in [3.63, 3.8) is 0 Å². The Morgan fingerprint density at radius 2 is 2.00 bits per heavy atom. The number of rotatable bonds is 5. The van der Waals surface area contributed by atoms with Gasteiger partial charge in [0.25, 0.3) is 0 Å². The molecule has 0 aliphatic carbocycles. The molecule has 2 rings (SSSR count). The monoisotopic (exact) mass is 262 g/mol. The third-order valence-corrected chi connectivity index (χ3v) is 4.20. The maximum atomic E-state index is 5.96. The minimum absolute atomic E-state index is 0.212. The fourth-order valence-corrected chi connectivity index (χ4v) is 2.87. The second-order valence-electron chi connectivity index (χ2n) is 5.66. The summed E-state index contributed by atoms with van der Waals surface area (Å²) in [6.07, 6.45) is 9.39. The van der Waals surface area contributed by atoms with Gasteiger partial charge in [-0.05, 0) is 44.6 Å². The first-order chi connectivity index (χ1) is 9.15. The predicted octanol–water partition coefficient (Wildman–Crippen LogP) is 2.52. The highest BCUT2D eigenvalue weighted by Crippen LogP contribution is 2.29. The quantitative estimate of drug-likeness (QED) is 0.886. The number of nitrogens with zero attached hydrogens (tertiary/aromatic N) is 3. The van der Waals surface area contributed by atoms with Crippen LogP contribution in [0.15, 0.2) is 12.4 Å². The summed E-state index contributed by atoms with van der Waals surface area (Å²) >= 11 is 0. The lowest BCUT2D eigenvalue weighted by Gasteiger charge is -2.27. The molecular formula is C15H26N4. The molecule has 3 atom stereocenters. The van der Waals surface area contributed by atoms with Gasteiger partial charge in [-0.2, -0.15) is 0 Å². The Kier molecular flexibility index (Phi) is 4.75. The molecule has 0 aromatic carbocycles. The lowest BCUT2D eigenvalue weighted by atomic mass is 10.1. The molecule has 0 bridgehead atoms. The summed E-state index contributed by atoms with van der Waals surface area (Å²) in [6.45, 7) is 6.61. The highest BCUT2D eigenvalue weighted by atomic mass is 15.3. The van der Waals surface area contributed by atoms with Crippen LogP contribution < -0.4 is 10.6 Å². The highest BCUT2D eigenvalue weighted by molar-refractivity contribution is 5.35. The van der Waals surface area contributed by atoms with Crippen LogP contribution in [0.5, 0.6) is 0 Å². The highest BCUT2D eigenvalue weighted by Gasteiger charge is 2.30. The zero-order chi connectivity index (χ0) is 13.8. The first kappa shape index (κ1) is 14.3. The lowest BCUT2D eigenvalue weighted by molar-refractivity contribution is 0.609. The maximum Gasteiger partial charge on any atom is 0.225 e. The van der Waals surface area contributed by atoms with Crippen LogP contribution in [0, 0.1) is 0 Å². The summed E-state index contributed by atoms with van der Waals surface area (Å²) in [6, 6.07) is 1.36. The summed E-state index contributed by atoms with van der Waals surface area (Å²) in [5.74, 6) is 0.880. The molecule has 2 N–H and O–H groups in total. The maximum absolute atomic E-state index is 5.96. The van der Waals surface area contributed by atoms with E-state index in [0.29, 0.717) is 12.1 Å². The first-order valence-corrected chi connectivity index (χ1v) is 7.50. The van der Waals surface area contributed by atoms with E-state index in [1.165, 1.54) is 12.8 Å². The summed E-state index contributed by atoms with van der Waals surface area (Å²) in [5.41, 5.74) is 7.10. The zero-order valence-electron chi connectivity index (χ0n) is 12.3. The first-order valence-electron chi connectivity index (χ1n) is 7.50. The van der Waals surface area contributed by atoms with Gasteiger partial charge in [-0.15, -0.1) is 0 Å². The van der Waals surface area contributed by atoms with Crippen LogP contribution >= 0.6 is 0 Å². The minimum atomic E-state index is 0.212. The van der Waals surface area contributed by atoms with Gasteiger partial charge in [0.15, 0.2) is 0 Å². The number of aromatic nitrogens is 2. The van der Waals surface area contributed by atoms with E-state index in [-0.39, 0.29) is 6.04 Å². The van der Waals surface area contributed by atoms with Gasteiger partial charge in [0.2, 0.25) is 5.95 Å². The van der Waals surface area contributed by atoms with Crippen molar-refractivity contribution in [3.05, 3.63) is 18.0 Å². The van der Waals surface area contributed by atoms with E-state index in [0.717, 1.165) is 30.8 Å². The smallest absolute Gasteiger partial charge is 0.225 e. The van der Waals surface area contributed by atoms with E-state index < -0.39 is 0 Å². The molecule has 3 unspecified atom stereocenters. The van der Waals surface area contributed by atoms with Crippen molar-refractivity contribution >= 4 is 5.95 Å². The van der Waals surface area contributed by atoms with Gasteiger partial charge in [-0.1, -0.05) is 13.8 Å². The van der Waals surface area contributed by atoms with Crippen molar-refractivity contribution in [2.75, 3.05) is 4.90 Å². The van der Waals surface area contributed by atoms with Crippen LogP contribution in [-0.2, 0) is 6.42 Å². The number of hydrogen-bond acceptors (Lipinski definition) is 4. The molecule has 0 saturated carbocycles. The van der Waals surface area contributed by atoms with Crippen LogP contribution in [0.2, 0.25) is 0 Å². The molecule has 1 saturated heterocycles. The summed E-state index contributed by atoms with van der Waals surface area (Å²) in [7, 11) is 0. The topological polar surface area (TPSA) is 55.0 Å². The summed E-state index contributed by atoms with van der Waals surface area (Å²) in [5, 5.41) is 0. The Morgan fingerprint density at radius 3 is 2.58 bits per heavy atom. The summed E-state index contributed by atoms with van der Waals surface area (Å²) < 4.78 is 0. The van der Waals surface area contributed by atoms with E-state index in [4.69, 9.17) is 5.73 Å². The van der Waals surface area contributed by atoms with Crippen molar-refractivity contribution in [1.82, 2.24) is 9.97 Å². The Morgan fingerprint density at radius 1 is 1.32 bits per heavy atom. The fraction of sp³-hybridized carbons (Fsp3) is 0.733. The standard InChI is InChI=1S/C15H26N4/c1-4-13(16)8-12-9-17-15(18-10-12)19-11(3)6-7-14(19)5-2/h9-11,13-14H,4-8,16H2,1-3H3. The van der Waals surface area contributed by atoms with Gasteiger partial charge in [0.1, 0.15) is 0 Å². The largest absolute Gasteiger partial charge is 0.335 e. The molecule has 1 aliphatic heterocycles. The van der Waals surface area contributed by atoms with Gasteiger partial charge in [0.05, 0.1) is 0 Å². The van der Waals surface area contributed by atoms with Gasteiger partial charge >= 0.3 is 0 Å². The number of nitrogens with two attached hydrogens (primary N) is 1. The number of anilines is 1. The SMILES string of the molecule is CCC(N)Cc1cnc(N2C(C)CCC2CC)nc1. The number of hydrogen-bond donors (Lipinski definition) is 1. The second-order valence-corrected chi connectivity index (χ2v) is 5.66. The van der Waals surface area contributed by atoms with Crippen LogP contribution in [0.25, 0.3) is 0 Å². The van der Waals surface area contributed by atoms with Crippen LogP contribution in [-0.4, -0.2) is 28.1 Å². The average molecular weight is 262 g/mol. The Bertz CT molecular complexity index is 390. The molecule has 1 aromatic heterocycles. The second kappa shape index (κ2) is 6.33. The Balaban J connectivity index is 2.09. The molecule has 4 nitrogen and oxygen atoms in total. The minimum Gasteiger partial charge on any atom is -0.335 e. The Labute approximate surface area is 116 Å². The van der Waals surface area contributed by atoms with Crippen LogP contribution in [0.3, 0.4) is 0 Å². The molecule has 19 heavy (non-hydrogen) atoms. The average Bonchev–Trinajstić information content (AvgIpc) is 2.80. The van der Waals surface area contributed by atoms with Gasteiger partial charge in [-0.25, -0.2) is 9.97 Å². The van der Waals surface area contributed by atoms with E-state index in [2.05, 4.69) is 35.6 Å². The molecule has 2 heterocycles. The van der Waals surface area contributed by atoms with E-state index >= 15 is 0 Å². The molecule has 0 radical (unpaired) electrons. The van der Waals surface area contributed by atoms with E-state index in [1.807, 2.05) is 12.4 Å². The van der Waals surface area contributed by atoms with Crippen LogP contribution in [0.1, 0.15) is 52.0 Å². The molecule has 1 aliphatic rings. The molecule has 0 spiro atoms. The van der Waals surface area contributed by atoms with Gasteiger partial charge in [-0.3, -0.25) is 0 Å². The van der Waals surface area contributed by atoms with E-state index in [9.17, 15) is 0 Å². The van der Waals surface area contributed by atoms with E-state index in [1.54, 1.807) is 0 Å². The normalized spacial score (nSPS) is 24.7. The fourth-order valence-electron chi connectivity index (χ4n) is 2.87. The molecule has 106 valence electrons. The molecule has 1 aromatic rings. The molecule has 1 fully saturated rings.